The van der Waals surface area contributed by atoms with Crippen LogP contribution in [0.5, 0.6) is 5.75 Å². The van der Waals surface area contributed by atoms with E-state index in [1.165, 1.54) is 6.07 Å². The van der Waals surface area contributed by atoms with Crippen molar-refractivity contribution < 1.29 is 14.1 Å². The lowest BCUT2D eigenvalue weighted by atomic mass is 10.0. The third-order valence-corrected chi connectivity index (χ3v) is 5.32. The fourth-order valence-corrected chi connectivity index (χ4v) is 3.78. The van der Waals surface area contributed by atoms with Gasteiger partial charge in [0.05, 0.1) is 11.4 Å². The molecule has 7 heteroatoms. The molecule has 0 aliphatic heterocycles. The molecule has 1 amide bonds. The van der Waals surface area contributed by atoms with Crippen molar-refractivity contribution >= 4 is 28.0 Å². The predicted molar refractivity (Wildman–Crippen MR) is 126 cm³/mol. The number of ether oxygens (including phenoxy) is 1. The Morgan fingerprint density at radius 2 is 1.85 bits per heavy atom. The molecule has 0 spiro atoms. The van der Waals surface area contributed by atoms with Crippen molar-refractivity contribution in [2.24, 2.45) is 0 Å². The van der Waals surface area contributed by atoms with E-state index in [4.69, 9.17) is 9.26 Å². The first-order valence-electron chi connectivity index (χ1n) is 10.5. The molecule has 2 aromatic heterocycles. The first-order chi connectivity index (χ1) is 16.0. The third kappa shape index (κ3) is 4.08. The Morgan fingerprint density at radius 1 is 1.03 bits per heavy atom. The van der Waals surface area contributed by atoms with Gasteiger partial charge in [-0.25, -0.2) is 4.98 Å². The zero-order valence-electron chi connectivity index (χ0n) is 18.2. The Labute approximate surface area is 189 Å². The molecule has 0 radical (unpaired) electrons. The number of benzene rings is 3. The summed E-state index contributed by atoms with van der Waals surface area (Å²) in [6.45, 7) is 3.76. The maximum Gasteiger partial charge on any atom is 0.287 e. The molecule has 0 saturated carbocycles. The standard InChI is InChI=1S/C26H21N3O4/c1-16-10-11-23(32-15-19-14-25(30)29-24(27-19)13-17(2)33-29)22(12-16)28-26(31)21-9-5-7-18-6-3-4-8-20(18)21/h3-14H,15H2,1-2H3,(H,28,31). The molecular formula is C26H21N3O4. The van der Waals surface area contributed by atoms with E-state index in [1.54, 1.807) is 25.1 Å². The highest BCUT2D eigenvalue weighted by Gasteiger charge is 2.14. The molecular weight excluding hydrogens is 418 g/mol. The zero-order valence-corrected chi connectivity index (χ0v) is 18.2. The van der Waals surface area contributed by atoms with Crippen molar-refractivity contribution in [3.63, 3.8) is 0 Å². The number of aromatic nitrogens is 2. The molecule has 0 atom stereocenters. The SMILES string of the molecule is Cc1ccc(OCc2cc(=O)n3oc(C)cc3n2)c(NC(=O)c2cccc3ccccc23)c1. The topological polar surface area (TPSA) is 85.8 Å². The number of carbonyl (C=O) groups excluding carboxylic acids is 1. The van der Waals surface area contributed by atoms with Crippen LogP contribution in [0.3, 0.4) is 0 Å². The Balaban J connectivity index is 1.41. The number of aryl methyl sites for hydroxylation is 2. The van der Waals surface area contributed by atoms with Crippen molar-refractivity contribution in [1.29, 1.82) is 0 Å². The van der Waals surface area contributed by atoms with Crippen LogP contribution in [0.2, 0.25) is 0 Å². The van der Waals surface area contributed by atoms with Gasteiger partial charge in [-0.1, -0.05) is 42.5 Å². The van der Waals surface area contributed by atoms with Crippen molar-refractivity contribution in [3.05, 3.63) is 106 Å². The maximum absolute atomic E-state index is 13.1. The van der Waals surface area contributed by atoms with Gasteiger partial charge >= 0.3 is 0 Å². The number of nitrogens with one attached hydrogen (secondary N) is 1. The molecule has 7 nitrogen and oxygen atoms in total. The summed E-state index contributed by atoms with van der Waals surface area (Å²) in [6, 6.07) is 22.0. The molecule has 0 aliphatic rings. The van der Waals surface area contributed by atoms with Gasteiger partial charge in [0.15, 0.2) is 5.65 Å². The van der Waals surface area contributed by atoms with Gasteiger partial charge in [-0.05, 0) is 48.4 Å². The van der Waals surface area contributed by atoms with E-state index in [9.17, 15) is 9.59 Å². The molecule has 164 valence electrons. The Morgan fingerprint density at radius 3 is 2.73 bits per heavy atom. The molecule has 5 aromatic rings. The number of rotatable bonds is 5. The van der Waals surface area contributed by atoms with Crippen LogP contribution in [-0.2, 0) is 6.61 Å². The molecule has 0 saturated heterocycles. The van der Waals surface area contributed by atoms with Gasteiger partial charge in [0, 0.05) is 17.7 Å². The molecule has 3 aromatic carbocycles. The lowest BCUT2D eigenvalue weighted by molar-refractivity contribution is 0.102. The summed E-state index contributed by atoms with van der Waals surface area (Å²) < 4.78 is 12.4. The third-order valence-electron chi connectivity index (χ3n) is 5.32. The molecule has 33 heavy (non-hydrogen) atoms. The first kappa shape index (κ1) is 20.5. The van der Waals surface area contributed by atoms with Gasteiger partial charge in [0.25, 0.3) is 11.5 Å². The monoisotopic (exact) mass is 439 g/mol. The summed E-state index contributed by atoms with van der Waals surface area (Å²) in [5.74, 6) is 0.850. The zero-order chi connectivity index (χ0) is 22.9. The molecule has 0 bridgehead atoms. The summed E-state index contributed by atoms with van der Waals surface area (Å²) in [5, 5.41) is 4.84. The molecule has 0 fully saturated rings. The minimum Gasteiger partial charge on any atom is -0.485 e. The molecule has 2 heterocycles. The fraction of sp³-hybridized carbons (Fsp3) is 0.115. The van der Waals surface area contributed by atoms with Gasteiger partial charge in [-0.3, -0.25) is 9.59 Å². The van der Waals surface area contributed by atoms with E-state index in [0.29, 0.717) is 34.1 Å². The number of fused-ring (bicyclic) bond motifs is 2. The van der Waals surface area contributed by atoms with Crippen LogP contribution >= 0.6 is 0 Å². The van der Waals surface area contributed by atoms with Crippen molar-refractivity contribution in [1.82, 2.24) is 9.56 Å². The lowest BCUT2D eigenvalue weighted by Crippen LogP contribution is -2.15. The van der Waals surface area contributed by atoms with Gasteiger partial charge in [-0.15, -0.1) is 4.57 Å². The second-order valence-electron chi connectivity index (χ2n) is 7.85. The Kier molecular flexibility index (Phi) is 5.14. The molecule has 5 rings (SSSR count). The summed E-state index contributed by atoms with van der Waals surface area (Å²) >= 11 is 0. The summed E-state index contributed by atoms with van der Waals surface area (Å²) in [6.07, 6.45) is 0. The average Bonchev–Trinajstić information content (AvgIpc) is 3.19. The Bertz CT molecular complexity index is 1560. The smallest absolute Gasteiger partial charge is 0.287 e. The number of anilines is 1. The Hall–Kier alpha value is -4.39. The van der Waals surface area contributed by atoms with Crippen molar-refractivity contribution in [2.75, 3.05) is 5.32 Å². The number of carbonyl (C=O) groups is 1. The number of hydrogen-bond acceptors (Lipinski definition) is 5. The van der Waals surface area contributed by atoms with Crippen molar-refractivity contribution in [2.45, 2.75) is 20.5 Å². The van der Waals surface area contributed by atoms with E-state index < -0.39 is 0 Å². The fourth-order valence-electron chi connectivity index (χ4n) is 3.78. The summed E-state index contributed by atoms with van der Waals surface area (Å²) in [5.41, 5.74) is 2.67. The molecule has 1 N–H and O–H groups in total. The minimum absolute atomic E-state index is 0.0656. The summed E-state index contributed by atoms with van der Waals surface area (Å²) in [4.78, 5) is 29.8. The van der Waals surface area contributed by atoms with Crippen LogP contribution < -0.4 is 15.6 Å². The minimum atomic E-state index is -0.319. The van der Waals surface area contributed by atoms with E-state index in [-0.39, 0.29) is 18.1 Å². The average molecular weight is 439 g/mol. The normalized spacial score (nSPS) is 11.1. The second kappa shape index (κ2) is 8.27. The van der Waals surface area contributed by atoms with Crippen LogP contribution in [0.1, 0.15) is 27.4 Å². The van der Waals surface area contributed by atoms with Crippen LogP contribution in [0.25, 0.3) is 16.4 Å². The van der Waals surface area contributed by atoms with E-state index in [1.807, 2.05) is 55.5 Å². The highest BCUT2D eigenvalue weighted by molar-refractivity contribution is 6.13. The predicted octanol–water partition coefficient (Wildman–Crippen LogP) is 4.89. The maximum atomic E-state index is 13.1. The van der Waals surface area contributed by atoms with E-state index >= 15 is 0 Å². The van der Waals surface area contributed by atoms with Crippen LogP contribution in [-0.4, -0.2) is 15.5 Å². The number of amides is 1. The van der Waals surface area contributed by atoms with Crippen LogP contribution in [0.4, 0.5) is 5.69 Å². The van der Waals surface area contributed by atoms with Gasteiger partial charge < -0.3 is 14.6 Å². The van der Waals surface area contributed by atoms with Crippen LogP contribution in [0.15, 0.2) is 82.1 Å². The van der Waals surface area contributed by atoms with Crippen LogP contribution in [0, 0.1) is 13.8 Å². The highest BCUT2D eigenvalue weighted by Crippen LogP contribution is 2.28. The lowest BCUT2D eigenvalue weighted by Gasteiger charge is -2.14. The van der Waals surface area contributed by atoms with E-state index in [2.05, 4.69) is 10.3 Å². The van der Waals surface area contributed by atoms with E-state index in [0.717, 1.165) is 20.9 Å². The summed E-state index contributed by atoms with van der Waals surface area (Å²) in [7, 11) is 0. The molecule has 0 unspecified atom stereocenters. The van der Waals surface area contributed by atoms with Crippen molar-refractivity contribution in [3.8, 4) is 5.75 Å². The number of nitrogens with zero attached hydrogens (tertiary/aromatic N) is 2. The van der Waals surface area contributed by atoms with Gasteiger partial charge in [0.1, 0.15) is 18.1 Å². The first-order valence-corrected chi connectivity index (χ1v) is 10.5. The quantitative estimate of drug-likeness (QED) is 0.421. The largest absolute Gasteiger partial charge is 0.485 e. The highest BCUT2D eigenvalue weighted by atomic mass is 16.5. The van der Waals surface area contributed by atoms with Gasteiger partial charge in [0.2, 0.25) is 0 Å². The second-order valence-corrected chi connectivity index (χ2v) is 7.85. The van der Waals surface area contributed by atoms with Gasteiger partial charge in [-0.2, -0.15) is 0 Å². The number of hydrogen-bond donors (Lipinski definition) is 1. The molecule has 0 aliphatic carbocycles.